The van der Waals surface area contributed by atoms with Crippen LogP contribution in [0.5, 0.6) is 0 Å². The lowest BCUT2D eigenvalue weighted by Gasteiger charge is -2.36. The first kappa shape index (κ1) is 37.6. The van der Waals surface area contributed by atoms with Gasteiger partial charge in [-0.3, -0.25) is 9.59 Å². The van der Waals surface area contributed by atoms with Crippen LogP contribution in [-0.4, -0.2) is 33.8 Å². The van der Waals surface area contributed by atoms with E-state index in [4.69, 9.17) is 24.6 Å². The largest absolute Gasteiger partial charge is 0.431 e. The summed E-state index contributed by atoms with van der Waals surface area (Å²) in [5.41, 5.74) is 12.9. The number of ether oxygens (including phenoxy) is 2. The van der Waals surface area contributed by atoms with Gasteiger partial charge in [0, 0.05) is 47.4 Å². The number of nitrogens with two attached hydrogens (primary N) is 1. The Hall–Kier alpha value is -5.72. The summed E-state index contributed by atoms with van der Waals surface area (Å²) >= 11 is 1.50. The third-order valence-corrected chi connectivity index (χ3v) is 10.2. The van der Waals surface area contributed by atoms with E-state index in [-0.39, 0.29) is 43.5 Å². The molecule has 1 saturated heterocycles. The molecule has 3 atom stereocenters. The molecular formula is C44H42N4O6S. The summed E-state index contributed by atoms with van der Waals surface area (Å²) in [4.78, 5) is 30.0. The molecule has 280 valence electrons. The number of nitrogens with one attached hydrogen (secondary N) is 2. The van der Waals surface area contributed by atoms with Crippen LogP contribution in [0, 0.1) is 0 Å². The highest BCUT2D eigenvalue weighted by Gasteiger charge is 2.33. The summed E-state index contributed by atoms with van der Waals surface area (Å²) in [6, 6.07) is 42.2. The van der Waals surface area contributed by atoms with E-state index in [1.165, 1.54) is 11.8 Å². The van der Waals surface area contributed by atoms with Crippen molar-refractivity contribution < 1.29 is 28.6 Å². The number of hydrogen-bond donors (Lipinski definition) is 4. The second kappa shape index (κ2) is 18.1. The van der Waals surface area contributed by atoms with Crippen LogP contribution < -0.4 is 16.4 Å². The van der Waals surface area contributed by atoms with Gasteiger partial charge in [0.05, 0.1) is 30.2 Å². The summed E-state index contributed by atoms with van der Waals surface area (Å²) in [7, 11) is 0. The fourth-order valence-electron chi connectivity index (χ4n) is 6.31. The van der Waals surface area contributed by atoms with Gasteiger partial charge in [0.1, 0.15) is 5.69 Å². The molecular weight excluding hydrogens is 713 g/mol. The number of benzene rings is 5. The second-order valence-electron chi connectivity index (χ2n) is 13.2. The van der Waals surface area contributed by atoms with E-state index in [1.807, 2.05) is 109 Å². The maximum atomic E-state index is 12.7. The third kappa shape index (κ3) is 9.88. The Bertz CT molecular complexity index is 2120. The fraction of sp³-hybridized carbons (Fsp3) is 0.205. The Kier molecular flexibility index (Phi) is 12.4. The minimum atomic E-state index is -0.673. The minimum Gasteiger partial charge on any atom is -0.431 e. The Morgan fingerprint density at radius 2 is 1.38 bits per heavy atom. The van der Waals surface area contributed by atoms with Crippen molar-refractivity contribution in [2.24, 2.45) is 0 Å². The maximum absolute atomic E-state index is 12.7. The van der Waals surface area contributed by atoms with Crippen LogP contribution in [0.15, 0.2) is 143 Å². The molecule has 1 aliphatic rings. The number of nitrogen functional groups attached to an aromatic ring is 1. The van der Waals surface area contributed by atoms with E-state index in [2.05, 4.69) is 10.6 Å². The number of nitrogens with zero attached hydrogens (tertiary/aromatic N) is 1. The molecule has 0 aliphatic carbocycles. The molecule has 2 heterocycles. The van der Waals surface area contributed by atoms with Gasteiger partial charge in [0.15, 0.2) is 12.1 Å². The number of hydrogen-bond acceptors (Lipinski definition) is 9. The topological polar surface area (TPSA) is 149 Å². The molecule has 1 aromatic heterocycles. The quantitative estimate of drug-likeness (QED) is 0.0631. The van der Waals surface area contributed by atoms with Crippen LogP contribution in [0.2, 0.25) is 0 Å². The molecule has 6 aromatic rings. The molecule has 0 bridgehead atoms. The number of amides is 2. The Labute approximate surface area is 324 Å². The molecule has 3 unspecified atom stereocenters. The van der Waals surface area contributed by atoms with E-state index in [0.717, 1.165) is 33.5 Å². The predicted octanol–water partition coefficient (Wildman–Crippen LogP) is 9.17. The van der Waals surface area contributed by atoms with Crippen molar-refractivity contribution in [1.82, 2.24) is 4.98 Å². The molecule has 0 spiro atoms. The SMILES string of the molecule is Nc1ccccc1NC(=O)CCCC(=O)Nc1ccc(C2OC(CSc3nc(-c4ccccc4)c(-c4ccccc4)o3)CC(c3ccc(CO)cc3)O2)cc1. The highest BCUT2D eigenvalue weighted by Crippen LogP contribution is 2.41. The predicted molar refractivity (Wildman–Crippen MR) is 215 cm³/mol. The van der Waals surface area contributed by atoms with Crippen molar-refractivity contribution in [3.05, 3.63) is 150 Å². The molecule has 1 aliphatic heterocycles. The molecule has 0 saturated carbocycles. The van der Waals surface area contributed by atoms with Crippen molar-refractivity contribution in [3.63, 3.8) is 0 Å². The number of oxazole rings is 1. The molecule has 2 amide bonds. The third-order valence-electron chi connectivity index (χ3n) is 9.21. The standard InChI is InChI=1S/C44H42N4O6S/c45-36-14-7-8-15-37(36)47-40(51)17-9-16-39(50)46-34-24-22-33(23-25-34)43-52-35(26-38(53-43)30-20-18-29(27-49)19-21-30)28-55-44-48-41(31-10-3-1-4-11-31)42(54-44)32-12-5-2-6-13-32/h1-8,10-15,18-25,35,38,43,49H,9,16-17,26-28,45H2,(H,46,50)(H,47,51). The first-order chi connectivity index (χ1) is 26.9. The smallest absolute Gasteiger partial charge is 0.256 e. The first-order valence-electron chi connectivity index (χ1n) is 18.2. The number of rotatable bonds is 14. The zero-order chi connectivity index (χ0) is 38.0. The average molecular weight is 755 g/mol. The zero-order valence-corrected chi connectivity index (χ0v) is 30.9. The van der Waals surface area contributed by atoms with Gasteiger partial charge < -0.3 is 35.4 Å². The van der Waals surface area contributed by atoms with E-state index in [1.54, 1.807) is 24.3 Å². The number of aliphatic hydroxyl groups excluding tert-OH is 1. The number of para-hydroxylation sites is 2. The second-order valence-corrected chi connectivity index (χ2v) is 14.2. The van der Waals surface area contributed by atoms with Gasteiger partial charge in [0.25, 0.3) is 5.22 Å². The maximum Gasteiger partial charge on any atom is 0.256 e. The van der Waals surface area contributed by atoms with Gasteiger partial charge >= 0.3 is 0 Å². The van der Waals surface area contributed by atoms with Crippen molar-refractivity contribution in [2.45, 2.75) is 56.0 Å². The van der Waals surface area contributed by atoms with E-state index < -0.39 is 6.29 Å². The lowest BCUT2D eigenvalue weighted by atomic mass is 10.0. The normalized spacial score (nSPS) is 16.7. The Balaban J connectivity index is 1.01. The fourth-order valence-corrected chi connectivity index (χ4v) is 7.15. The van der Waals surface area contributed by atoms with Crippen LogP contribution in [0.25, 0.3) is 22.6 Å². The van der Waals surface area contributed by atoms with Gasteiger partial charge in [-0.1, -0.05) is 121 Å². The van der Waals surface area contributed by atoms with Crippen LogP contribution in [0.4, 0.5) is 17.1 Å². The van der Waals surface area contributed by atoms with Crippen LogP contribution in [0.1, 0.15) is 54.8 Å². The molecule has 55 heavy (non-hydrogen) atoms. The molecule has 0 radical (unpaired) electrons. The van der Waals surface area contributed by atoms with Crippen molar-refractivity contribution in [3.8, 4) is 22.6 Å². The first-order valence-corrected chi connectivity index (χ1v) is 19.2. The van der Waals surface area contributed by atoms with Crippen LogP contribution >= 0.6 is 11.8 Å². The highest BCUT2D eigenvalue weighted by atomic mass is 32.2. The summed E-state index contributed by atoms with van der Waals surface area (Å²) in [5, 5.41) is 15.9. The van der Waals surface area contributed by atoms with E-state index in [0.29, 0.717) is 46.6 Å². The Morgan fingerprint density at radius 1 is 0.745 bits per heavy atom. The monoisotopic (exact) mass is 754 g/mol. The highest BCUT2D eigenvalue weighted by molar-refractivity contribution is 7.99. The van der Waals surface area contributed by atoms with Crippen LogP contribution in [-0.2, 0) is 25.7 Å². The van der Waals surface area contributed by atoms with Crippen LogP contribution in [0.3, 0.4) is 0 Å². The van der Waals surface area contributed by atoms with Crippen molar-refractivity contribution >= 4 is 40.6 Å². The van der Waals surface area contributed by atoms with E-state index in [9.17, 15) is 14.7 Å². The number of thioether (sulfide) groups is 1. The molecule has 11 heteroatoms. The molecule has 10 nitrogen and oxygen atoms in total. The molecule has 1 fully saturated rings. The molecule has 5 N–H and O–H groups in total. The summed E-state index contributed by atoms with van der Waals surface area (Å²) in [6.07, 6.45) is 0.219. The number of anilines is 3. The lowest BCUT2D eigenvalue weighted by molar-refractivity contribution is -0.245. The lowest BCUT2D eigenvalue weighted by Crippen LogP contribution is -2.31. The Morgan fingerprint density at radius 3 is 2.07 bits per heavy atom. The minimum absolute atomic E-state index is 0.0368. The van der Waals surface area contributed by atoms with Gasteiger partial charge in [-0.25, -0.2) is 4.98 Å². The van der Waals surface area contributed by atoms with Gasteiger partial charge in [-0.2, -0.15) is 0 Å². The number of aromatic nitrogens is 1. The number of carbonyl (C=O) groups excluding carboxylic acids is 2. The van der Waals surface area contributed by atoms with E-state index >= 15 is 0 Å². The molecule has 7 rings (SSSR count). The summed E-state index contributed by atoms with van der Waals surface area (Å²) < 4.78 is 19.5. The van der Waals surface area contributed by atoms with Crippen molar-refractivity contribution in [2.75, 3.05) is 22.1 Å². The van der Waals surface area contributed by atoms with Gasteiger partial charge in [-0.15, -0.1) is 0 Å². The number of carbonyl (C=O) groups is 2. The van der Waals surface area contributed by atoms with Gasteiger partial charge in [0.2, 0.25) is 11.8 Å². The number of aliphatic hydroxyl groups is 1. The zero-order valence-electron chi connectivity index (χ0n) is 30.1. The average Bonchev–Trinajstić information content (AvgIpc) is 3.66. The van der Waals surface area contributed by atoms with Crippen molar-refractivity contribution in [1.29, 1.82) is 0 Å². The van der Waals surface area contributed by atoms with Gasteiger partial charge in [-0.05, 0) is 41.8 Å². The summed E-state index contributed by atoms with van der Waals surface area (Å²) in [5.74, 6) is 0.897. The molecule has 5 aromatic carbocycles. The summed E-state index contributed by atoms with van der Waals surface area (Å²) in [6.45, 7) is -0.0368.